The fraction of sp³-hybridized carbons (Fsp3) is 0.300. The number of nitrogens with zero attached hydrogens (tertiary/aromatic N) is 1. The van der Waals surface area contributed by atoms with Crippen molar-refractivity contribution < 1.29 is 32.2 Å². The van der Waals surface area contributed by atoms with E-state index < -0.39 is 12.4 Å². The number of anilines is 1. The number of imide groups is 1. The Labute approximate surface area is 165 Å². The maximum Gasteiger partial charge on any atom is 0.573 e. The number of alkyl halides is 3. The first-order chi connectivity index (χ1) is 13.7. The Morgan fingerprint density at radius 1 is 1.03 bits per heavy atom. The first kappa shape index (κ1) is 20.5. The number of rotatable bonds is 7. The molecule has 0 bridgehead atoms. The number of amides is 2. The summed E-state index contributed by atoms with van der Waals surface area (Å²) in [5.74, 6) is -0.298. The van der Waals surface area contributed by atoms with Gasteiger partial charge in [-0.25, -0.2) is 0 Å². The van der Waals surface area contributed by atoms with Crippen molar-refractivity contribution in [1.29, 1.82) is 0 Å². The van der Waals surface area contributed by atoms with Gasteiger partial charge in [0.1, 0.15) is 17.5 Å². The second kappa shape index (κ2) is 8.42. The summed E-state index contributed by atoms with van der Waals surface area (Å²) >= 11 is 0. The molecule has 0 spiro atoms. The maximum atomic E-state index is 12.5. The van der Waals surface area contributed by atoms with E-state index in [9.17, 15) is 22.8 Å². The Kier molecular flexibility index (Phi) is 5.95. The summed E-state index contributed by atoms with van der Waals surface area (Å²) in [5, 5.41) is 2.89. The van der Waals surface area contributed by atoms with Gasteiger partial charge in [0.15, 0.2) is 0 Å². The number of nitrogens with one attached hydrogen (secondary N) is 1. The van der Waals surface area contributed by atoms with Gasteiger partial charge < -0.3 is 14.8 Å². The monoisotopic (exact) mass is 408 g/mol. The largest absolute Gasteiger partial charge is 0.573 e. The Bertz CT molecular complexity index is 867. The van der Waals surface area contributed by atoms with Crippen LogP contribution in [0.4, 0.5) is 18.9 Å². The van der Waals surface area contributed by atoms with Crippen LogP contribution in [0.5, 0.6) is 11.5 Å². The van der Waals surface area contributed by atoms with Gasteiger partial charge in [0, 0.05) is 12.2 Å². The minimum absolute atomic E-state index is 0.0117. The van der Waals surface area contributed by atoms with Crippen molar-refractivity contribution in [3.8, 4) is 11.5 Å². The predicted molar refractivity (Wildman–Crippen MR) is 98.6 cm³/mol. The normalized spacial score (nSPS) is 16.8. The van der Waals surface area contributed by atoms with Gasteiger partial charge in [-0.15, -0.1) is 13.2 Å². The van der Waals surface area contributed by atoms with Gasteiger partial charge in [0.2, 0.25) is 5.91 Å². The van der Waals surface area contributed by atoms with Crippen molar-refractivity contribution in [3.63, 3.8) is 0 Å². The molecule has 0 radical (unpaired) electrons. The number of hydrogen-bond donors (Lipinski definition) is 1. The average molecular weight is 408 g/mol. The molecule has 3 rings (SSSR count). The quantitative estimate of drug-likeness (QED) is 0.712. The van der Waals surface area contributed by atoms with E-state index in [2.05, 4.69) is 10.1 Å². The molecule has 0 unspecified atom stereocenters. The molecule has 1 fully saturated rings. The molecule has 2 amide bonds. The van der Waals surface area contributed by atoms with E-state index in [1.165, 1.54) is 17.0 Å². The molecule has 1 N–H and O–H groups in total. The van der Waals surface area contributed by atoms with Crippen LogP contribution >= 0.6 is 0 Å². The second-order valence-corrected chi connectivity index (χ2v) is 6.45. The smallest absolute Gasteiger partial charge is 0.497 e. The van der Waals surface area contributed by atoms with E-state index in [0.29, 0.717) is 12.1 Å². The summed E-state index contributed by atoms with van der Waals surface area (Å²) in [5.41, 5.74) is 1.38. The lowest BCUT2D eigenvalue weighted by Gasteiger charge is -2.16. The third kappa shape index (κ3) is 5.40. The lowest BCUT2D eigenvalue weighted by Crippen LogP contribution is -2.36. The summed E-state index contributed by atoms with van der Waals surface area (Å²) in [6, 6.07) is 11.6. The Hall–Kier alpha value is -3.23. The molecule has 1 saturated heterocycles. The minimum Gasteiger partial charge on any atom is -0.497 e. The molecule has 2 aromatic carbocycles. The molecular formula is C20H19F3N2O4. The van der Waals surface area contributed by atoms with Gasteiger partial charge >= 0.3 is 6.36 Å². The molecule has 6 nitrogen and oxygen atoms in total. The van der Waals surface area contributed by atoms with Crippen LogP contribution in [0.3, 0.4) is 0 Å². The average Bonchev–Trinajstić information content (AvgIpc) is 2.94. The fourth-order valence-corrected chi connectivity index (χ4v) is 3.02. The van der Waals surface area contributed by atoms with Crippen molar-refractivity contribution >= 4 is 17.5 Å². The Balaban J connectivity index is 1.56. The van der Waals surface area contributed by atoms with Crippen LogP contribution in [-0.4, -0.2) is 42.8 Å². The molecule has 1 atom stereocenters. The molecule has 29 heavy (non-hydrogen) atoms. The van der Waals surface area contributed by atoms with Crippen LogP contribution in [-0.2, 0) is 16.0 Å². The lowest BCUT2D eigenvalue weighted by molar-refractivity contribution is -0.274. The van der Waals surface area contributed by atoms with Gasteiger partial charge in [-0.1, -0.05) is 12.1 Å². The van der Waals surface area contributed by atoms with Crippen molar-refractivity contribution in [2.75, 3.05) is 19.0 Å². The van der Waals surface area contributed by atoms with Crippen LogP contribution in [0.1, 0.15) is 12.0 Å². The van der Waals surface area contributed by atoms with Crippen molar-refractivity contribution in [2.45, 2.75) is 25.2 Å². The van der Waals surface area contributed by atoms with Gasteiger partial charge in [0.05, 0.1) is 13.5 Å². The molecule has 1 aliphatic rings. The zero-order valence-electron chi connectivity index (χ0n) is 15.5. The number of hydrogen-bond acceptors (Lipinski definition) is 5. The zero-order chi connectivity index (χ0) is 21.0. The highest BCUT2D eigenvalue weighted by molar-refractivity contribution is 6.06. The van der Waals surface area contributed by atoms with E-state index in [1.54, 1.807) is 19.2 Å². The summed E-state index contributed by atoms with van der Waals surface area (Å²) in [6.45, 7) is 0.251. The number of benzene rings is 2. The predicted octanol–water partition coefficient (Wildman–Crippen LogP) is 3.38. The number of ether oxygens (including phenoxy) is 2. The molecule has 2 aromatic rings. The topological polar surface area (TPSA) is 67.9 Å². The number of carbonyl (C=O) groups excluding carboxylic acids is 2. The zero-order valence-corrected chi connectivity index (χ0v) is 15.5. The first-order valence-corrected chi connectivity index (χ1v) is 8.84. The highest BCUT2D eigenvalue weighted by Gasteiger charge is 2.38. The van der Waals surface area contributed by atoms with Gasteiger partial charge in [-0.3, -0.25) is 14.5 Å². The van der Waals surface area contributed by atoms with E-state index in [-0.39, 0.29) is 30.5 Å². The number of halogens is 3. The van der Waals surface area contributed by atoms with Gasteiger partial charge in [-0.2, -0.15) is 0 Å². The molecule has 154 valence electrons. The highest BCUT2D eigenvalue weighted by atomic mass is 19.4. The summed E-state index contributed by atoms with van der Waals surface area (Å²) < 4.78 is 45.5. The van der Waals surface area contributed by atoms with Crippen molar-refractivity contribution in [3.05, 3.63) is 54.1 Å². The third-order valence-corrected chi connectivity index (χ3v) is 4.46. The molecular weight excluding hydrogens is 389 g/mol. The van der Waals surface area contributed by atoms with E-state index >= 15 is 0 Å². The molecule has 1 aliphatic heterocycles. The van der Waals surface area contributed by atoms with Crippen LogP contribution in [0.25, 0.3) is 0 Å². The summed E-state index contributed by atoms with van der Waals surface area (Å²) in [6.07, 6.45) is -4.27. The molecule has 0 saturated carbocycles. The SMILES string of the molecule is COc1ccc(CCN2C(=O)C[C@H](Nc3ccc(OC(F)(F)F)cc3)C2=O)cc1. The standard InChI is InChI=1S/C20H19F3N2O4/c1-28-15-6-2-13(3-7-15)10-11-25-18(26)12-17(19(25)27)24-14-4-8-16(9-5-14)29-20(21,22)23/h2-9,17,24H,10-12H2,1H3/t17-/m0/s1. The molecule has 0 aliphatic carbocycles. The second-order valence-electron chi connectivity index (χ2n) is 6.45. The maximum absolute atomic E-state index is 12.5. The third-order valence-electron chi connectivity index (χ3n) is 4.46. The number of carbonyl (C=O) groups is 2. The minimum atomic E-state index is -4.77. The number of likely N-dealkylation sites (tertiary alicyclic amines) is 1. The highest BCUT2D eigenvalue weighted by Crippen LogP contribution is 2.25. The lowest BCUT2D eigenvalue weighted by atomic mass is 10.1. The van der Waals surface area contributed by atoms with Crippen LogP contribution in [0.2, 0.25) is 0 Å². The molecule has 1 heterocycles. The summed E-state index contributed by atoms with van der Waals surface area (Å²) in [7, 11) is 1.57. The van der Waals surface area contributed by atoms with Crippen molar-refractivity contribution in [1.82, 2.24) is 4.90 Å². The summed E-state index contributed by atoms with van der Waals surface area (Å²) in [4.78, 5) is 26.0. The Morgan fingerprint density at radius 3 is 2.24 bits per heavy atom. The van der Waals surface area contributed by atoms with Crippen LogP contribution in [0.15, 0.2) is 48.5 Å². The Morgan fingerprint density at radius 2 is 1.66 bits per heavy atom. The molecule has 9 heteroatoms. The van der Waals surface area contributed by atoms with Crippen LogP contribution in [0, 0.1) is 0 Å². The van der Waals surface area contributed by atoms with Crippen molar-refractivity contribution in [2.24, 2.45) is 0 Å². The van der Waals surface area contributed by atoms with Gasteiger partial charge in [-0.05, 0) is 48.4 Å². The fourth-order valence-electron chi connectivity index (χ4n) is 3.02. The van der Waals surface area contributed by atoms with E-state index in [4.69, 9.17) is 4.74 Å². The van der Waals surface area contributed by atoms with E-state index in [1.807, 2.05) is 12.1 Å². The van der Waals surface area contributed by atoms with Gasteiger partial charge in [0.25, 0.3) is 5.91 Å². The van der Waals surface area contributed by atoms with Crippen LogP contribution < -0.4 is 14.8 Å². The van der Waals surface area contributed by atoms with E-state index in [0.717, 1.165) is 23.4 Å². The molecule has 0 aromatic heterocycles. The first-order valence-electron chi connectivity index (χ1n) is 8.84. The number of methoxy groups -OCH3 is 1.